The van der Waals surface area contributed by atoms with Crippen molar-refractivity contribution in [3.63, 3.8) is 0 Å². The molecule has 0 saturated heterocycles. The van der Waals surface area contributed by atoms with E-state index in [4.69, 9.17) is 0 Å². The molecule has 0 radical (unpaired) electrons. The molecule has 1 heteroatoms. The van der Waals surface area contributed by atoms with Crippen LogP contribution >= 0.6 is 0 Å². The van der Waals surface area contributed by atoms with Crippen molar-refractivity contribution in [1.29, 1.82) is 0 Å². The number of hydrogen-bond donors (Lipinski definition) is 1. The van der Waals surface area contributed by atoms with E-state index in [9.17, 15) is 5.11 Å². The summed E-state index contributed by atoms with van der Waals surface area (Å²) in [6.45, 7) is 3.83. The van der Waals surface area contributed by atoms with E-state index in [0.29, 0.717) is 5.92 Å². The highest BCUT2D eigenvalue weighted by atomic mass is 16.3. The Morgan fingerprint density at radius 1 is 1.07 bits per heavy atom. The van der Waals surface area contributed by atoms with Gasteiger partial charge in [0.2, 0.25) is 0 Å². The molecule has 2 rings (SSSR count). The average molecular weight is 194 g/mol. The monoisotopic (exact) mass is 194 g/mol. The molecule has 2 aliphatic rings. The fourth-order valence-corrected chi connectivity index (χ4v) is 3.47. The summed E-state index contributed by atoms with van der Waals surface area (Å²) in [5.74, 6) is 1.28. The van der Waals surface area contributed by atoms with Crippen molar-refractivity contribution in [3.05, 3.63) is 12.7 Å². The van der Waals surface area contributed by atoms with Crippen LogP contribution in [0.25, 0.3) is 0 Å². The summed E-state index contributed by atoms with van der Waals surface area (Å²) in [6, 6.07) is 0. The first-order valence-electron chi connectivity index (χ1n) is 6.12. The lowest BCUT2D eigenvalue weighted by molar-refractivity contribution is -0.0372. The van der Waals surface area contributed by atoms with E-state index in [1.165, 1.54) is 44.9 Å². The Kier molecular flexibility index (Phi) is 2.96. The Morgan fingerprint density at radius 2 is 1.79 bits per heavy atom. The van der Waals surface area contributed by atoms with Gasteiger partial charge in [0.05, 0.1) is 5.60 Å². The van der Waals surface area contributed by atoms with Gasteiger partial charge < -0.3 is 5.11 Å². The Bertz CT molecular complexity index is 211. The zero-order chi connectivity index (χ0) is 10.0. The van der Waals surface area contributed by atoms with Crippen molar-refractivity contribution < 1.29 is 5.11 Å². The van der Waals surface area contributed by atoms with Gasteiger partial charge in [0.15, 0.2) is 0 Å². The third kappa shape index (κ3) is 1.75. The van der Waals surface area contributed by atoms with Gasteiger partial charge in [0.25, 0.3) is 0 Å². The van der Waals surface area contributed by atoms with Crippen molar-refractivity contribution in [2.45, 2.75) is 57.0 Å². The molecule has 3 atom stereocenters. The predicted octanol–water partition coefficient (Wildman–Crippen LogP) is 3.28. The van der Waals surface area contributed by atoms with E-state index in [2.05, 4.69) is 6.58 Å². The molecule has 1 nitrogen and oxygen atoms in total. The molecule has 2 aliphatic carbocycles. The summed E-state index contributed by atoms with van der Waals surface area (Å²) >= 11 is 0. The Hall–Kier alpha value is -0.300. The molecule has 0 aromatic carbocycles. The quantitative estimate of drug-likeness (QED) is 0.635. The van der Waals surface area contributed by atoms with Crippen LogP contribution in [0.5, 0.6) is 0 Å². The van der Waals surface area contributed by atoms with Crippen LogP contribution in [0.2, 0.25) is 0 Å². The minimum atomic E-state index is -0.534. The summed E-state index contributed by atoms with van der Waals surface area (Å²) < 4.78 is 0. The largest absolute Gasteiger partial charge is 0.386 e. The van der Waals surface area contributed by atoms with Gasteiger partial charge in [-0.3, -0.25) is 0 Å². The zero-order valence-corrected chi connectivity index (χ0v) is 9.04. The smallest absolute Gasteiger partial charge is 0.0855 e. The molecule has 80 valence electrons. The lowest BCUT2D eigenvalue weighted by atomic mass is 9.67. The maximum Gasteiger partial charge on any atom is 0.0855 e. The highest BCUT2D eigenvalue weighted by Gasteiger charge is 2.41. The van der Waals surface area contributed by atoms with E-state index in [1.54, 1.807) is 0 Å². The van der Waals surface area contributed by atoms with E-state index >= 15 is 0 Å². The maximum atomic E-state index is 10.5. The van der Waals surface area contributed by atoms with Crippen LogP contribution < -0.4 is 0 Å². The minimum Gasteiger partial charge on any atom is -0.386 e. The number of fused-ring (bicyclic) bond motifs is 1. The van der Waals surface area contributed by atoms with Crippen molar-refractivity contribution in [1.82, 2.24) is 0 Å². The van der Waals surface area contributed by atoms with Crippen molar-refractivity contribution >= 4 is 0 Å². The third-order valence-corrected chi connectivity index (χ3v) is 4.31. The van der Waals surface area contributed by atoms with Crippen LogP contribution in [0, 0.1) is 11.8 Å². The molecule has 0 heterocycles. The molecule has 1 N–H and O–H groups in total. The van der Waals surface area contributed by atoms with Crippen LogP contribution in [0.4, 0.5) is 0 Å². The van der Waals surface area contributed by atoms with Gasteiger partial charge in [-0.15, -0.1) is 6.58 Å². The number of hydrogen-bond acceptors (Lipinski definition) is 1. The van der Waals surface area contributed by atoms with Crippen molar-refractivity contribution in [2.24, 2.45) is 11.8 Å². The Balaban J connectivity index is 2.16. The summed E-state index contributed by atoms with van der Waals surface area (Å²) in [7, 11) is 0. The zero-order valence-electron chi connectivity index (χ0n) is 9.04. The Morgan fingerprint density at radius 3 is 2.57 bits per heavy atom. The van der Waals surface area contributed by atoms with E-state index in [0.717, 1.165) is 12.3 Å². The maximum absolute atomic E-state index is 10.5. The molecule has 0 spiro atoms. The fourth-order valence-electron chi connectivity index (χ4n) is 3.47. The van der Waals surface area contributed by atoms with Gasteiger partial charge in [0.1, 0.15) is 0 Å². The molecule has 0 aromatic rings. The molecule has 0 aliphatic heterocycles. The highest BCUT2D eigenvalue weighted by molar-refractivity contribution is 5.05. The van der Waals surface area contributed by atoms with Gasteiger partial charge in [-0.05, 0) is 37.5 Å². The first-order chi connectivity index (χ1) is 6.76. The summed E-state index contributed by atoms with van der Waals surface area (Å²) in [6.07, 6.45) is 11.9. The Labute approximate surface area is 87.2 Å². The van der Waals surface area contributed by atoms with Crippen molar-refractivity contribution in [3.8, 4) is 0 Å². The molecule has 2 saturated carbocycles. The minimum absolute atomic E-state index is 0.510. The first-order valence-corrected chi connectivity index (χ1v) is 6.12. The lowest BCUT2D eigenvalue weighted by Gasteiger charge is -2.42. The van der Waals surface area contributed by atoms with Crippen LogP contribution in [-0.2, 0) is 0 Å². The molecule has 0 aromatic heterocycles. The topological polar surface area (TPSA) is 20.2 Å². The number of rotatable bonds is 1. The van der Waals surface area contributed by atoms with Crippen LogP contribution in [-0.4, -0.2) is 10.7 Å². The third-order valence-electron chi connectivity index (χ3n) is 4.31. The van der Waals surface area contributed by atoms with Crippen LogP contribution in [0.1, 0.15) is 51.4 Å². The SMILES string of the molecule is C=CC1(O)CCCC2CCCCCC21. The molecule has 0 bridgehead atoms. The second-order valence-electron chi connectivity index (χ2n) is 5.09. The average Bonchev–Trinajstić information content (AvgIpc) is 2.44. The van der Waals surface area contributed by atoms with Gasteiger partial charge in [-0.25, -0.2) is 0 Å². The second kappa shape index (κ2) is 4.06. The molecular weight excluding hydrogens is 172 g/mol. The van der Waals surface area contributed by atoms with E-state index in [1.807, 2.05) is 6.08 Å². The number of aliphatic hydroxyl groups is 1. The predicted molar refractivity (Wildman–Crippen MR) is 59.1 cm³/mol. The van der Waals surface area contributed by atoms with Gasteiger partial charge >= 0.3 is 0 Å². The molecule has 0 amide bonds. The van der Waals surface area contributed by atoms with Crippen molar-refractivity contribution in [2.75, 3.05) is 0 Å². The van der Waals surface area contributed by atoms with Gasteiger partial charge in [-0.1, -0.05) is 31.8 Å². The first kappa shape index (κ1) is 10.2. The molecule has 2 fully saturated rings. The lowest BCUT2D eigenvalue weighted by Crippen LogP contribution is -2.43. The summed E-state index contributed by atoms with van der Waals surface area (Å²) in [5.41, 5.74) is -0.534. The highest BCUT2D eigenvalue weighted by Crippen LogP contribution is 2.45. The van der Waals surface area contributed by atoms with Gasteiger partial charge in [-0.2, -0.15) is 0 Å². The normalized spacial score (nSPS) is 43.8. The van der Waals surface area contributed by atoms with Gasteiger partial charge in [0, 0.05) is 0 Å². The second-order valence-corrected chi connectivity index (χ2v) is 5.09. The fraction of sp³-hybridized carbons (Fsp3) is 0.846. The summed E-state index contributed by atoms with van der Waals surface area (Å²) in [4.78, 5) is 0. The summed E-state index contributed by atoms with van der Waals surface area (Å²) in [5, 5.41) is 10.5. The molecular formula is C13H22O. The van der Waals surface area contributed by atoms with Crippen LogP contribution in [0.15, 0.2) is 12.7 Å². The molecule has 14 heavy (non-hydrogen) atoms. The molecule has 3 unspecified atom stereocenters. The standard InChI is InChI=1S/C13H22O/c1-2-13(14)10-6-8-11-7-4-3-5-9-12(11)13/h2,11-12,14H,1,3-10H2. The van der Waals surface area contributed by atoms with E-state index in [-0.39, 0.29) is 0 Å². The van der Waals surface area contributed by atoms with E-state index < -0.39 is 5.60 Å². The van der Waals surface area contributed by atoms with Crippen LogP contribution in [0.3, 0.4) is 0 Å².